The third kappa shape index (κ3) is 0.946. The van der Waals surface area contributed by atoms with Crippen molar-refractivity contribution in [3.05, 3.63) is 0 Å². The number of carbonyl (C=O) groups excluding carboxylic acids is 1. The van der Waals surface area contributed by atoms with Gasteiger partial charge in [0.1, 0.15) is 0 Å². The van der Waals surface area contributed by atoms with Gasteiger partial charge in [-0.1, -0.05) is 22.6 Å². The summed E-state index contributed by atoms with van der Waals surface area (Å²) < 4.78 is 0.689. The van der Waals surface area contributed by atoms with Gasteiger partial charge < -0.3 is 5.32 Å². The number of fused-ring (bicyclic) bond motifs is 1. The van der Waals surface area contributed by atoms with Crippen LogP contribution < -0.4 is 5.32 Å². The van der Waals surface area contributed by atoms with Crippen LogP contribution in [0.25, 0.3) is 0 Å². The first-order chi connectivity index (χ1) is 4.77. The highest BCUT2D eigenvalue weighted by Crippen LogP contribution is 2.36. The standard InChI is InChI=1S/C7H10INO/c8-5-2-1-4-3-6(10)9-7(4)5/h4-5,7H,1-3H2,(H,9,10)/t4-,5+,7+/m0/s1. The van der Waals surface area contributed by atoms with Crippen molar-refractivity contribution in [3.8, 4) is 0 Å². The topological polar surface area (TPSA) is 29.1 Å². The van der Waals surface area contributed by atoms with Crippen LogP contribution in [0.2, 0.25) is 0 Å². The zero-order chi connectivity index (χ0) is 7.14. The average Bonchev–Trinajstić information content (AvgIpc) is 2.35. The van der Waals surface area contributed by atoms with Gasteiger partial charge in [0.25, 0.3) is 0 Å². The van der Waals surface area contributed by atoms with E-state index in [-0.39, 0.29) is 5.91 Å². The normalized spacial score (nSPS) is 45.3. The van der Waals surface area contributed by atoms with Crippen molar-refractivity contribution in [1.29, 1.82) is 0 Å². The summed E-state index contributed by atoms with van der Waals surface area (Å²) in [6.07, 6.45) is 3.32. The third-order valence-electron chi connectivity index (χ3n) is 2.49. The molecule has 0 aromatic heterocycles. The van der Waals surface area contributed by atoms with Crippen LogP contribution in [0.15, 0.2) is 0 Å². The molecule has 1 N–H and O–H groups in total. The summed E-state index contributed by atoms with van der Waals surface area (Å²) in [4.78, 5) is 10.9. The largest absolute Gasteiger partial charge is 0.352 e. The molecule has 56 valence electrons. The second-order valence-corrected chi connectivity index (χ2v) is 4.75. The van der Waals surface area contributed by atoms with E-state index in [9.17, 15) is 4.79 Å². The van der Waals surface area contributed by atoms with E-state index in [0.29, 0.717) is 15.9 Å². The first-order valence-corrected chi connectivity index (χ1v) is 4.95. The van der Waals surface area contributed by atoms with Crippen LogP contribution in [0.1, 0.15) is 19.3 Å². The Morgan fingerprint density at radius 1 is 1.50 bits per heavy atom. The molecule has 1 aliphatic heterocycles. The fraction of sp³-hybridized carbons (Fsp3) is 0.857. The number of carbonyl (C=O) groups is 1. The van der Waals surface area contributed by atoms with Crippen molar-refractivity contribution in [1.82, 2.24) is 5.32 Å². The van der Waals surface area contributed by atoms with Crippen LogP contribution in [0.4, 0.5) is 0 Å². The van der Waals surface area contributed by atoms with Crippen LogP contribution >= 0.6 is 22.6 Å². The zero-order valence-corrected chi connectivity index (χ0v) is 7.80. The Kier molecular flexibility index (Phi) is 1.62. The maximum atomic E-state index is 10.9. The van der Waals surface area contributed by atoms with E-state index in [1.54, 1.807) is 0 Å². The molecule has 2 rings (SSSR count). The van der Waals surface area contributed by atoms with Gasteiger partial charge in [-0.05, 0) is 18.8 Å². The summed E-state index contributed by atoms with van der Waals surface area (Å²) in [6.45, 7) is 0. The van der Waals surface area contributed by atoms with E-state index < -0.39 is 0 Å². The SMILES string of the molecule is O=C1C[C@@H]2CC[C@@H](I)[C@@H]2N1. The van der Waals surface area contributed by atoms with Gasteiger partial charge in [0, 0.05) is 16.4 Å². The molecule has 1 saturated carbocycles. The van der Waals surface area contributed by atoms with E-state index in [4.69, 9.17) is 0 Å². The van der Waals surface area contributed by atoms with Crippen molar-refractivity contribution in [2.24, 2.45) is 5.92 Å². The number of halogens is 1. The number of hydrogen-bond donors (Lipinski definition) is 1. The molecule has 2 aliphatic rings. The molecule has 0 bridgehead atoms. The Morgan fingerprint density at radius 3 is 3.00 bits per heavy atom. The maximum absolute atomic E-state index is 10.9. The zero-order valence-electron chi connectivity index (χ0n) is 5.64. The Labute approximate surface area is 73.9 Å². The Bertz CT molecular complexity index is 171. The minimum absolute atomic E-state index is 0.261. The lowest BCUT2D eigenvalue weighted by atomic mass is 10.1. The molecular weight excluding hydrogens is 241 g/mol. The summed E-state index contributed by atoms with van der Waals surface area (Å²) in [6, 6.07) is 0.507. The molecule has 3 heteroatoms. The van der Waals surface area contributed by atoms with E-state index in [0.717, 1.165) is 6.42 Å². The molecule has 0 unspecified atom stereocenters. The van der Waals surface area contributed by atoms with Gasteiger partial charge in [0.05, 0.1) is 0 Å². The lowest BCUT2D eigenvalue weighted by molar-refractivity contribution is -0.119. The molecule has 0 spiro atoms. The minimum atomic E-state index is 0.261. The summed E-state index contributed by atoms with van der Waals surface area (Å²) in [5.74, 6) is 0.922. The molecule has 0 aromatic rings. The molecule has 0 radical (unpaired) electrons. The van der Waals surface area contributed by atoms with E-state index in [1.807, 2.05) is 0 Å². The second-order valence-electron chi connectivity index (χ2n) is 3.15. The van der Waals surface area contributed by atoms with E-state index in [2.05, 4.69) is 27.9 Å². The molecule has 1 heterocycles. The van der Waals surface area contributed by atoms with Crippen LogP contribution in [0, 0.1) is 5.92 Å². The molecule has 2 nitrogen and oxygen atoms in total. The smallest absolute Gasteiger partial charge is 0.220 e. The van der Waals surface area contributed by atoms with Crippen molar-refractivity contribution < 1.29 is 4.79 Å². The van der Waals surface area contributed by atoms with Crippen LogP contribution in [0.5, 0.6) is 0 Å². The summed E-state index contributed by atoms with van der Waals surface area (Å²) in [5.41, 5.74) is 0. The van der Waals surface area contributed by atoms with Gasteiger partial charge in [0.2, 0.25) is 5.91 Å². The lowest BCUT2D eigenvalue weighted by Gasteiger charge is -2.11. The van der Waals surface area contributed by atoms with Crippen LogP contribution in [0.3, 0.4) is 0 Å². The molecule has 1 saturated heterocycles. The predicted octanol–water partition coefficient (Wildman–Crippen LogP) is 1.09. The fourth-order valence-electron chi connectivity index (χ4n) is 1.95. The first kappa shape index (κ1) is 6.88. The monoisotopic (exact) mass is 251 g/mol. The molecular formula is C7H10INO. The molecule has 3 atom stereocenters. The number of nitrogens with one attached hydrogen (secondary N) is 1. The molecule has 1 aliphatic carbocycles. The van der Waals surface area contributed by atoms with Crippen molar-refractivity contribution >= 4 is 28.5 Å². The summed E-state index contributed by atoms with van der Waals surface area (Å²) in [7, 11) is 0. The summed E-state index contributed by atoms with van der Waals surface area (Å²) >= 11 is 2.44. The Hall–Kier alpha value is 0.200. The van der Waals surface area contributed by atoms with E-state index in [1.165, 1.54) is 12.8 Å². The predicted molar refractivity (Wildman–Crippen MR) is 47.1 cm³/mol. The summed E-state index contributed by atoms with van der Waals surface area (Å²) in [5, 5.41) is 3.02. The number of rotatable bonds is 0. The number of hydrogen-bond acceptors (Lipinski definition) is 1. The van der Waals surface area contributed by atoms with Crippen molar-refractivity contribution in [2.45, 2.75) is 29.2 Å². The molecule has 0 aromatic carbocycles. The third-order valence-corrected chi connectivity index (χ3v) is 3.88. The molecule has 1 amide bonds. The minimum Gasteiger partial charge on any atom is -0.352 e. The molecule has 10 heavy (non-hydrogen) atoms. The maximum Gasteiger partial charge on any atom is 0.220 e. The van der Waals surface area contributed by atoms with Gasteiger partial charge in [0.15, 0.2) is 0 Å². The first-order valence-electron chi connectivity index (χ1n) is 3.71. The highest BCUT2D eigenvalue weighted by Gasteiger charge is 2.41. The quantitative estimate of drug-likeness (QED) is 0.506. The van der Waals surface area contributed by atoms with Gasteiger partial charge in [-0.3, -0.25) is 4.79 Å². The second kappa shape index (κ2) is 2.36. The number of amides is 1. The molecule has 2 fully saturated rings. The Balaban J connectivity index is 2.12. The van der Waals surface area contributed by atoms with Gasteiger partial charge in [-0.25, -0.2) is 0 Å². The van der Waals surface area contributed by atoms with Gasteiger partial charge in [-0.2, -0.15) is 0 Å². The van der Waals surface area contributed by atoms with Crippen LogP contribution in [-0.2, 0) is 4.79 Å². The Morgan fingerprint density at radius 2 is 2.30 bits per heavy atom. The lowest BCUT2D eigenvalue weighted by Crippen LogP contribution is -2.32. The average molecular weight is 251 g/mol. The highest BCUT2D eigenvalue weighted by atomic mass is 127. The highest BCUT2D eigenvalue weighted by molar-refractivity contribution is 14.1. The van der Waals surface area contributed by atoms with Gasteiger partial charge >= 0.3 is 0 Å². The van der Waals surface area contributed by atoms with E-state index >= 15 is 0 Å². The van der Waals surface area contributed by atoms with Crippen LogP contribution in [-0.4, -0.2) is 15.9 Å². The fourth-order valence-corrected chi connectivity index (χ4v) is 3.07. The van der Waals surface area contributed by atoms with Crippen molar-refractivity contribution in [2.75, 3.05) is 0 Å². The number of alkyl halides is 1. The van der Waals surface area contributed by atoms with Gasteiger partial charge in [-0.15, -0.1) is 0 Å². The van der Waals surface area contributed by atoms with Crippen molar-refractivity contribution in [3.63, 3.8) is 0 Å².